The minimum absolute atomic E-state index is 0.171. The predicted molar refractivity (Wildman–Crippen MR) is 116 cm³/mol. The van der Waals surface area contributed by atoms with Gasteiger partial charge in [-0.1, -0.05) is 6.07 Å². The molecule has 0 unspecified atom stereocenters. The first-order valence-electron chi connectivity index (χ1n) is 10.0. The van der Waals surface area contributed by atoms with E-state index in [0.29, 0.717) is 22.7 Å². The Morgan fingerprint density at radius 3 is 2.70 bits per heavy atom. The van der Waals surface area contributed by atoms with Gasteiger partial charge in [0, 0.05) is 56.1 Å². The van der Waals surface area contributed by atoms with Gasteiger partial charge in [-0.05, 0) is 49.1 Å². The summed E-state index contributed by atoms with van der Waals surface area (Å²) in [7, 11) is 3.29. The van der Waals surface area contributed by atoms with E-state index >= 15 is 0 Å². The van der Waals surface area contributed by atoms with Gasteiger partial charge in [-0.2, -0.15) is 4.98 Å². The first-order valence-corrected chi connectivity index (χ1v) is 10.0. The number of hydrogen-bond acceptors (Lipinski definition) is 6. The topological polar surface area (TPSA) is 98.1 Å². The number of carbonyl (C=O) groups is 1. The van der Waals surface area contributed by atoms with Gasteiger partial charge in [-0.3, -0.25) is 14.2 Å². The second-order valence-electron chi connectivity index (χ2n) is 7.53. The standard InChI is InChI=1S/C22H25N5O3/c1-13-4-5-14(20(28)23-2)10-17(13)18-11-15-12-24-22(25-16-6-8-30-9-7-16)26-19(15)27(3)21(18)29/h4-5,10-12,16H,6-9H2,1-3H3,(H,23,28)(H,24,25,26). The number of aromatic nitrogens is 3. The molecule has 8 nitrogen and oxygen atoms in total. The molecule has 1 saturated heterocycles. The van der Waals surface area contributed by atoms with Crippen molar-refractivity contribution in [3.8, 4) is 11.1 Å². The quantitative estimate of drug-likeness (QED) is 0.688. The number of pyridine rings is 1. The van der Waals surface area contributed by atoms with Gasteiger partial charge in [0.15, 0.2) is 0 Å². The Kier molecular flexibility index (Phi) is 5.50. The summed E-state index contributed by atoms with van der Waals surface area (Å²) in [5.74, 6) is 0.316. The molecule has 4 rings (SSSR count). The van der Waals surface area contributed by atoms with Crippen LogP contribution in [0, 0.1) is 6.92 Å². The van der Waals surface area contributed by atoms with Gasteiger partial charge in [0.2, 0.25) is 5.95 Å². The molecule has 0 aliphatic carbocycles. The highest BCUT2D eigenvalue weighted by Crippen LogP contribution is 2.25. The second-order valence-corrected chi connectivity index (χ2v) is 7.53. The number of hydrogen-bond donors (Lipinski definition) is 2. The van der Waals surface area contributed by atoms with Crippen LogP contribution in [0.25, 0.3) is 22.2 Å². The van der Waals surface area contributed by atoms with Gasteiger partial charge in [-0.25, -0.2) is 4.98 Å². The highest BCUT2D eigenvalue weighted by atomic mass is 16.5. The molecule has 0 spiro atoms. The Morgan fingerprint density at radius 2 is 1.97 bits per heavy atom. The number of anilines is 1. The molecule has 1 aliphatic rings. The molecule has 1 fully saturated rings. The molecular formula is C22H25N5O3. The average molecular weight is 407 g/mol. The first-order chi connectivity index (χ1) is 14.5. The van der Waals surface area contributed by atoms with E-state index in [9.17, 15) is 9.59 Å². The minimum Gasteiger partial charge on any atom is -0.381 e. The van der Waals surface area contributed by atoms with Gasteiger partial charge < -0.3 is 15.4 Å². The molecule has 3 heterocycles. The van der Waals surface area contributed by atoms with Crippen LogP contribution in [0.2, 0.25) is 0 Å². The molecule has 2 N–H and O–H groups in total. The predicted octanol–water partition coefficient (Wildman–Crippen LogP) is 2.25. The van der Waals surface area contributed by atoms with Crippen molar-refractivity contribution in [3.05, 3.63) is 51.9 Å². The molecule has 0 radical (unpaired) electrons. The lowest BCUT2D eigenvalue weighted by Gasteiger charge is -2.23. The molecule has 30 heavy (non-hydrogen) atoms. The number of aryl methyl sites for hydroxylation is 2. The van der Waals surface area contributed by atoms with E-state index in [1.165, 1.54) is 4.57 Å². The third-order valence-electron chi connectivity index (χ3n) is 5.52. The van der Waals surface area contributed by atoms with Crippen LogP contribution in [-0.4, -0.2) is 46.7 Å². The monoisotopic (exact) mass is 407 g/mol. The van der Waals surface area contributed by atoms with Gasteiger partial charge >= 0.3 is 0 Å². The summed E-state index contributed by atoms with van der Waals surface area (Å²) >= 11 is 0. The van der Waals surface area contributed by atoms with Gasteiger partial charge in [0.1, 0.15) is 5.65 Å². The van der Waals surface area contributed by atoms with E-state index in [1.54, 1.807) is 38.5 Å². The first kappa shape index (κ1) is 20.0. The maximum absolute atomic E-state index is 13.2. The zero-order valence-electron chi connectivity index (χ0n) is 17.4. The number of benzene rings is 1. The van der Waals surface area contributed by atoms with Crippen LogP contribution >= 0.6 is 0 Å². The summed E-state index contributed by atoms with van der Waals surface area (Å²) in [6.45, 7) is 3.37. The van der Waals surface area contributed by atoms with Crippen LogP contribution in [0.5, 0.6) is 0 Å². The number of nitrogens with zero attached hydrogens (tertiary/aromatic N) is 3. The SMILES string of the molecule is CNC(=O)c1ccc(C)c(-c2cc3cnc(NC4CCOCC4)nc3n(C)c2=O)c1. The van der Waals surface area contributed by atoms with Crippen LogP contribution in [0.1, 0.15) is 28.8 Å². The Balaban J connectivity index is 1.76. The summed E-state index contributed by atoms with van der Waals surface area (Å²) < 4.78 is 6.92. The highest BCUT2D eigenvalue weighted by Gasteiger charge is 2.17. The third-order valence-corrected chi connectivity index (χ3v) is 5.52. The second kappa shape index (κ2) is 8.23. The normalized spacial score (nSPS) is 14.6. The minimum atomic E-state index is -0.193. The smallest absolute Gasteiger partial charge is 0.259 e. The lowest BCUT2D eigenvalue weighted by Crippen LogP contribution is -2.29. The number of amides is 1. The zero-order chi connectivity index (χ0) is 21.3. The Morgan fingerprint density at radius 1 is 1.20 bits per heavy atom. The molecule has 1 aliphatic heterocycles. The van der Waals surface area contributed by atoms with E-state index in [0.717, 1.165) is 42.6 Å². The fourth-order valence-corrected chi connectivity index (χ4v) is 3.73. The van der Waals surface area contributed by atoms with Gasteiger partial charge in [-0.15, -0.1) is 0 Å². The lowest BCUT2D eigenvalue weighted by atomic mass is 9.98. The average Bonchev–Trinajstić information content (AvgIpc) is 2.77. The van der Waals surface area contributed by atoms with Crippen molar-refractivity contribution in [1.29, 1.82) is 0 Å². The summed E-state index contributed by atoms with van der Waals surface area (Å²) in [5, 5.41) is 6.72. The number of nitrogens with one attached hydrogen (secondary N) is 2. The van der Waals surface area contributed by atoms with Crippen molar-refractivity contribution in [2.75, 3.05) is 25.6 Å². The van der Waals surface area contributed by atoms with Crippen molar-refractivity contribution in [3.63, 3.8) is 0 Å². The maximum Gasteiger partial charge on any atom is 0.259 e. The van der Waals surface area contributed by atoms with Crippen molar-refractivity contribution >= 4 is 22.9 Å². The molecule has 3 aromatic rings. The largest absolute Gasteiger partial charge is 0.381 e. The van der Waals surface area contributed by atoms with E-state index < -0.39 is 0 Å². The summed E-state index contributed by atoms with van der Waals surface area (Å²) in [5.41, 5.74) is 3.05. The van der Waals surface area contributed by atoms with Crippen molar-refractivity contribution in [1.82, 2.24) is 19.9 Å². The summed E-state index contributed by atoms with van der Waals surface area (Å²) in [4.78, 5) is 34.2. The molecule has 2 aromatic heterocycles. The number of rotatable bonds is 4. The van der Waals surface area contributed by atoms with Crippen molar-refractivity contribution in [2.24, 2.45) is 7.05 Å². The van der Waals surface area contributed by atoms with Gasteiger partial charge in [0.25, 0.3) is 11.5 Å². The summed E-state index contributed by atoms with van der Waals surface area (Å²) in [6, 6.07) is 7.41. The Bertz CT molecular complexity index is 1170. The van der Waals surface area contributed by atoms with E-state index in [4.69, 9.17) is 4.74 Å². The molecule has 8 heteroatoms. The van der Waals surface area contributed by atoms with Crippen LogP contribution < -0.4 is 16.2 Å². The van der Waals surface area contributed by atoms with E-state index in [2.05, 4.69) is 20.6 Å². The third kappa shape index (κ3) is 3.78. The zero-order valence-corrected chi connectivity index (χ0v) is 17.4. The Hall–Kier alpha value is -3.26. The van der Waals surface area contributed by atoms with Crippen LogP contribution in [0.4, 0.5) is 5.95 Å². The molecule has 156 valence electrons. The molecule has 0 atom stereocenters. The molecule has 0 bridgehead atoms. The summed E-state index contributed by atoms with van der Waals surface area (Å²) in [6.07, 6.45) is 3.53. The van der Waals surface area contributed by atoms with Gasteiger partial charge in [0.05, 0.1) is 0 Å². The van der Waals surface area contributed by atoms with Crippen molar-refractivity contribution < 1.29 is 9.53 Å². The fraction of sp³-hybridized carbons (Fsp3) is 0.364. The van der Waals surface area contributed by atoms with Crippen LogP contribution in [0.3, 0.4) is 0 Å². The number of carbonyl (C=O) groups excluding carboxylic acids is 1. The van der Waals surface area contributed by atoms with Crippen LogP contribution in [0.15, 0.2) is 35.3 Å². The Labute approximate surface area is 174 Å². The molecule has 0 saturated carbocycles. The number of fused-ring (bicyclic) bond motifs is 1. The van der Waals surface area contributed by atoms with Crippen molar-refractivity contribution in [2.45, 2.75) is 25.8 Å². The molecule has 1 amide bonds. The highest BCUT2D eigenvalue weighted by molar-refractivity contribution is 5.96. The number of ether oxygens (including phenoxy) is 1. The fourth-order valence-electron chi connectivity index (χ4n) is 3.73. The maximum atomic E-state index is 13.2. The molecular weight excluding hydrogens is 382 g/mol. The van der Waals surface area contributed by atoms with E-state index in [-0.39, 0.29) is 17.5 Å². The molecule has 1 aromatic carbocycles. The van der Waals surface area contributed by atoms with E-state index in [1.807, 2.05) is 13.0 Å². The van der Waals surface area contributed by atoms with Crippen LogP contribution in [-0.2, 0) is 11.8 Å². The lowest BCUT2D eigenvalue weighted by molar-refractivity contribution is 0.0903.